The van der Waals surface area contributed by atoms with Crippen molar-refractivity contribution in [3.05, 3.63) is 80.8 Å². The number of aryl methyl sites for hydroxylation is 2. The summed E-state index contributed by atoms with van der Waals surface area (Å²) in [7, 11) is 0. The van der Waals surface area contributed by atoms with Crippen LogP contribution in [0.25, 0.3) is 11.1 Å². The second kappa shape index (κ2) is 15.5. The second-order valence-corrected chi connectivity index (χ2v) is 13.3. The van der Waals surface area contributed by atoms with Crippen molar-refractivity contribution >= 4 is 17.7 Å². The number of aliphatic hydroxyl groups excluding tert-OH is 1. The molecule has 0 spiro atoms. The highest BCUT2D eigenvalue weighted by Gasteiger charge is 2.29. The molecule has 1 saturated carbocycles. The van der Waals surface area contributed by atoms with E-state index in [4.69, 9.17) is 14.6 Å². The fourth-order valence-corrected chi connectivity index (χ4v) is 6.30. The maximum Gasteiger partial charge on any atom is 0.407 e. The summed E-state index contributed by atoms with van der Waals surface area (Å²) >= 11 is 0. The molecule has 10 heteroatoms. The lowest BCUT2D eigenvalue weighted by atomic mass is 9.88. The molecule has 4 N–H and O–H groups in total. The molecular formula is C37H50N4O6. The number of pyridine rings is 1. The Morgan fingerprint density at radius 2 is 1.68 bits per heavy atom. The normalized spacial score (nSPS) is 16.3. The van der Waals surface area contributed by atoms with Crippen LogP contribution >= 0.6 is 0 Å². The summed E-state index contributed by atoms with van der Waals surface area (Å²) in [4.78, 5) is 44.1. The van der Waals surface area contributed by atoms with Gasteiger partial charge in [-0.05, 0) is 127 Å². The number of benzene rings is 2. The van der Waals surface area contributed by atoms with Crippen LogP contribution in [0.2, 0.25) is 0 Å². The molecule has 1 heterocycles. The van der Waals surface area contributed by atoms with E-state index in [1.54, 1.807) is 0 Å². The minimum Gasteiger partial charge on any atom is -0.491 e. The molecule has 1 aliphatic carbocycles. The number of carbonyl (C=O) groups excluding carboxylic acids is 2. The Bertz CT molecular complexity index is 1600. The minimum absolute atomic E-state index is 0.0496. The first kappa shape index (κ1) is 35.5. The molecule has 254 valence electrons. The largest absolute Gasteiger partial charge is 0.491 e. The number of nitrogens with one attached hydrogen (secondary N) is 3. The molecule has 1 fully saturated rings. The Balaban J connectivity index is 1.62. The monoisotopic (exact) mass is 646 g/mol. The van der Waals surface area contributed by atoms with Crippen molar-refractivity contribution in [2.24, 2.45) is 0 Å². The number of aromatic nitrogens is 1. The zero-order chi connectivity index (χ0) is 34.3. The Morgan fingerprint density at radius 3 is 2.28 bits per heavy atom. The van der Waals surface area contributed by atoms with Gasteiger partial charge in [0.05, 0.1) is 6.61 Å². The van der Waals surface area contributed by atoms with Gasteiger partial charge in [0.25, 0.3) is 11.5 Å². The first-order valence-electron chi connectivity index (χ1n) is 16.5. The summed E-state index contributed by atoms with van der Waals surface area (Å²) in [6.07, 6.45) is 3.03. The third-order valence-electron chi connectivity index (χ3n) is 8.60. The molecule has 2 amide bonds. The lowest BCUT2D eigenvalue weighted by Gasteiger charge is -2.39. The van der Waals surface area contributed by atoms with Crippen LogP contribution in [0.1, 0.15) is 86.1 Å². The Hall–Kier alpha value is -4.31. The molecule has 3 aromatic rings. The highest BCUT2D eigenvalue weighted by Crippen LogP contribution is 2.36. The SMILES string of the molecule is CCN(c1cc(-c2ccc(OCCO)cc2)cc(C(=O)NCc2c(C)cc(C)[nH]c2=O)c1C)C1CCC(NC(=O)OC(C)(C)C)CC1. The van der Waals surface area contributed by atoms with Gasteiger partial charge in [-0.3, -0.25) is 9.59 Å². The first-order chi connectivity index (χ1) is 22.3. The molecule has 2 aromatic carbocycles. The number of alkyl carbamates (subject to hydrolysis) is 1. The predicted octanol–water partition coefficient (Wildman–Crippen LogP) is 5.93. The number of rotatable bonds is 11. The van der Waals surface area contributed by atoms with Crippen LogP contribution in [-0.2, 0) is 11.3 Å². The minimum atomic E-state index is -0.547. The molecule has 0 atom stereocenters. The fraction of sp³-hybridized carbons (Fsp3) is 0.486. The molecule has 0 radical (unpaired) electrons. The van der Waals surface area contributed by atoms with Crippen LogP contribution in [0.3, 0.4) is 0 Å². The van der Waals surface area contributed by atoms with Gasteiger partial charge in [0, 0.05) is 47.7 Å². The Morgan fingerprint density at radius 1 is 1.00 bits per heavy atom. The number of anilines is 1. The van der Waals surface area contributed by atoms with Crippen LogP contribution in [0.5, 0.6) is 5.75 Å². The van der Waals surface area contributed by atoms with Crippen molar-refractivity contribution in [1.29, 1.82) is 0 Å². The fourth-order valence-electron chi connectivity index (χ4n) is 6.30. The topological polar surface area (TPSA) is 133 Å². The number of hydrogen-bond acceptors (Lipinski definition) is 7. The summed E-state index contributed by atoms with van der Waals surface area (Å²) < 4.78 is 11.0. The smallest absolute Gasteiger partial charge is 0.407 e. The third kappa shape index (κ3) is 9.38. The molecule has 1 aromatic heterocycles. The van der Waals surface area contributed by atoms with E-state index in [2.05, 4.69) is 33.5 Å². The number of carbonyl (C=O) groups is 2. The number of aliphatic hydroxyl groups is 1. The van der Waals surface area contributed by atoms with Crippen molar-refractivity contribution in [2.45, 2.75) is 98.4 Å². The van der Waals surface area contributed by atoms with Crippen LogP contribution in [-0.4, -0.2) is 59.5 Å². The molecule has 0 saturated heterocycles. The van der Waals surface area contributed by atoms with Gasteiger partial charge in [-0.25, -0.2) is 4.79 Å². The zero-order valence-corrected chi connectivity index (χ0v) is 28.8. The molecular weight excluding hydrogens is 596 g/mol. The second-order valence-electron chi connectivity index (χ2n) is 13.3. The van der Waals surface area contributed by atoms with E-state index < -0.39 is 5.60 Å². The third-order valence-corrected chi connectivity index (χ3v) is 8.60. The molecule has 10 nitrogen and oxygen atoms in total. The number of hydrogen-bond donors (Lipinski definition) is 4. The molecule has 1 aliphatic rings. The maximum absolute atomic E-state index is 13.8. The highest BCUT2D eigenvalue weighted by molar-refractivity contribution is 5.99. The van der Waals surface area contributed by atoms with Gasteiger partial charge in [0.2, 0.25) is 0 Å². The van der Waals surface area contributed by atoms with Gasteiger partial charge in [0.1, 0.15) is 18.0 Å². The lowest BCUT2D eigenvalue weighted by Crippen LogP contribution is -2.45. The summed E-state index contributed by atoms with van der Waals surface area (Å²) in [6, 6.07) is 13.8. The molecule has 4 rings (SSSR count). The van der Waals surface area contributed by atoms with Crippen molar-refractivity contribution in [2.75, 3.05) is 24.7 Å². The number of ether oxygens (including phenoxy) is 2. The van der Waals surface area contributed by atoms with Crippen LogP contribution in [0.15, 0.2) is 47.3 Å². The summed E-state index contributed by atoms with van der Waals surface area (Å²) in [6.45, 7) is 14.4. The van der Waals surface area contributed by atoms with E-state index in [0.717, 1.165) is 65.9 Å². The summed E-state index contributed by atoms with van der Waals surface area (Å²) in [5.41, 5.74) is 5.56. The van der Waals surface area contributed by atoms with Gasteiger partial charge >= 0.3 is 6.09 Å². The van der Waals surface area contributed by atoms with Crippen LogP contribution in [0.4, 0.5) is 10.5 Å². The zero-order valence-electron chi connectivity index (χ0n) is 28.8. The van der Waals surface area contributed by atoms with Crippen LogP contribution in [0, 0.1) is 20.8 Å². The lowest BCUT2D eigenvalue weighted by molar-refractivity contribution is 0.0491. The van der Waals surface area contributed by atoms with Gasteiger partial charge < -0.3 is 35.1 Å². The van der Waals surface area contributed by atoms with E-state index in [0.29, 0.717) is 16.9 Å². The van der Waals surface area contributed by atoms with Crippen LogP contribution < -0.4 is 25.8 Å². The molecule has 0 unspecified atom stereocenters. The van der Waals surface area contributed by atoms with Gasteiger partial charge in [0.15, 0.2) is 0 Å². The average molecular weight is 647 g/mol. The number of aromatic amines is 1. The Labute approximate surface area is 277 Å². The van der Waals surface area contributed by atoms with E-state index in [9.17, 15) is 14.4 Å². The van der Waals surface area contributed by atoms with Crippen molar-refractivity contribution in [3.8, 4) is 16.9 Å². The standard InChI is InChI=1S/C37H50N4O6/c1-8-41(29-13-11-28(12-14-29)40-36(45)47-37(5,6)7)33-21-27(26-9-15-30(16-10-26)46-18-17-42)20-31(25(33)4)34(43)38-22-32-23(2)19-24(3)39-35(32)44/h9-10,15-16,19-21,28-29,42H,8,11-14,17-18,22H2,1-7H3,(H,38,43)(H,39,44)(H,40,45). The molecule has 0 aliphatic heterocycles. The van der Waals surface area contributed by atoms with E-state index in [1.807, 2.05) is 77.9 Å². The van der Waals surface area contributed by atoms with Gasteiger partial charge in [-0.15, -0.1) is 0 Å². The molecule has 47 heavy (non-hydrogen) atoms. The predicted molar refractivity (Wildman–Crippen MR) is 185 cm³/mol. The van der Waals surface area contributed by atoms with E-state index in [1.165, 1.54) is 0 Å². The Kier molecular flexibility index (Phi) is 11.7. The number of nitrogens with zero attached hydrogens (tertiary/aromatic N) is 1. The number of H-pyrrole nitrogens is 1. The highest BCUT2D eigenvalue weighted by atomic mass is 16.6. The molecule has 0 bridgehead atoms. The van der Waals surface area contributed by atoms with Crippen molar-refractivity contribution in [3.63, 3.8) is 0 Å². The summed E-state index contributed by atoms with van der Waals surface area (Å²) in [5.74, 6) is 0.396. The van der Waals surface area contributed by atoms with E-state index >= 15 is 0 Å². The summed E-state index contributed by atoms with van der Waals surface area (Å²) in [5, 5.41) is 15.2. The van der Waals surface area contributed by atoms with E-state index in [-0.39, 0.29) is 49.4 Å². The number of amides is 2. The maximum atomic E-state index is 13.8. The van der Waals surface area contributed by atoms with Gasteiger partial charge in [-0.2, -0.15) is 0 Å². The quantitative estimate of drug-likeness (QED) is 0.203. The average Bonchev–Trinajstić information content (AvgIpc) is 3.00. The van der Waals surface area contributed by atoms with Crippen molar-refractivity contribution < 1.29 is 24.2 Å². The van der Waals surface area contributed by atoms with Gasteiger partial charge in [-0.1, -0.05) is 12.1 Å². The first-order valence-corrected chi connectivity index (χ1v) is 16.5. The van der Waals surface area contributed by atoms with Crippen molar-refractivity contribution in [1.82, 2.24) is 15.6 Å².